The molecule has 5 rings (SSSR count). The van der Waals surface area contributed by atoms with E-state index in [0.29, 0.717) is 5.41 Å². The lowest BCUT2D eigenvalue weighted by atomic mass is 9.43. The fourth-order valence-electron chi connectivity index (χ4n) is 5.88. The molecule has 2 unspecified atom stereocenters. The van der Waals surface area contributed by atoms with Crippen LogP contribution < -0.4 is 0 Å². The molecule has 4 aliphatic carbocycles. The van der Waals surface area contributed by atoms with Crippen LogP contribution in [0.25, 0.3) is 0 Å². The molecule has 3 nitrogen and oxygen atoms in total. The zero-order valence-electron chi connectivity index (χ0n) is 12.1. The topological polar surface area (TPSA) is 43.1 Å². The minimum atomic E-state index is -0.302. The summed E-state index contributed by atoms with van der Waals surface area (Å²) >= 11 is 3.78. The number of rotatable bonds is 3. The predicted octanol–water partition coefficient (Wildman–Crippen LogP) is 4.83. The molecule has 0 aromatic heterocycles. The highest BCUT2D eigenvalue weighted by atomic mass is 79.9. The highest BCUT2D eigenvalue weighted by Crippen LogP contribution is 2.66. The maximum absolute atomic E-state index is 10.9. The van der Waals surface area contributed by atoms with Gasteiger partial charge in [0.15, 0.2) is 0 Å². The average molecular weight is 350 g/mol. The zero-order chi connectivity index (χ0) is 14.7. The third kappa shape index (κ3) is 2.06. The quantitative estimate of drug-likeness (QED) is 0.445. The summed E-state index contributed by atoms with van der Waals surface area (Å²) in [6, 6.07) is 7.42. The summed E-state index contributed by atoms with van der Waals surface area (Å²) in [7, 11) is 0. The van der Waals surface area contributed by atoms with Gasteiger partial charge < -0.3 is 0 Å². The zero-order valence-corrected chi connectivity index (χ0v) is 13.6. The summed E-state index contributed by atoms with van der Waals surface area (Å²) < 4.78 is 0. The molecule has 2 atom stereocenters. The molecule has 0 aliphatic heterocycles. The van der Waals surface area contributed by atoms with Crippen molar-refractivity contribution in [1.29, 1.82) is 0 Å². The van der Waals surface area contributed by atoms with Gasteiger partial charge >= 0.3 is 0 Å². The van der Waals surface area contributed by atoms with Gasteiger partial charge in [0.05, 0.1) is 4.92 Å². The lowest BCUT2D eigenvalue weighted by Crippen LogP contribution is -2.54. The molecule has 0 N–H and O–H groups in total. The fraction of sp³-hybridized carbons (Fsp3) is 0.647. The van der Waals surface area contributed by atoms with Gasteiger partial charge in [-0.3, -0.25) is 10.1 Å². The van der Waals surface area contributed by atoms with Crippen LogP contribution >= 0.6 is 15.9 Å². The van der Waals surface area contributed by atoms with Crippen LogP contribution in [0, 0.1) is 27.4 Å². The van der Waals surface area contributed by atoms with Gasteiger partial charge in [0, 0.05) is 17.5 Å². The lowest BCUT2D eigenvalue weighted by Gasteiger charge is -2.62. The standard InChI is InChI=1S/C17H20BrNO2/c18-11-16-6-12-5-13(7-16)9-17(8-12,10-16)14-1-3-15(4-2-14)19(20)21/h1-4,12-13H,5-11H2. The van der Waals surface area contributed by atoms with E-state index in [4.69, 9.17) is 0 Å². The van der Waals surface area contributed by atoms with Gasteiger partial charge in [0.25, 0.3) is 5.69 Å². The minimum absolute atomic E-state index is 0.207. The summed E-state index contributed by atoms with van der Waals surface area (Å²) in [5.41, 5.74) is 2.31. The van der Waals surface area contributed by atoms with Crippen molar-refractivity contribution < 1.29 is 4.92 Å². The van der Waals surface area contributed by atoms with Crippen molar-refractivity contribution in [2.45, 2.75) is 43.9 Å². The number of halogens is 1. The van der Waals surface area contributed by atoms with Gasteiger partial charge in [0.1, 0.15) is 0 Å². The maximum Gasteiger partial charge on any atom is 0.269 e. The lowest BCUT2D eigenvalue weighted by molar-refractivity contribution is -0.384. The van der Waals surface area contributed by atoms with E-state index in [9.17, 15) is 10.1 Å². The van der Waals surface area contributed by atoms with Crippen LogP contribution in [0.15, 0.2) is 24.3 Å². The summed E-state index contributed by atoms with van der Waals surface area (Å²) in [5, 5.41) is 12.0. The van der Waals surface area contributed by atoms with Gasteiger partial charge in [-0.05, 0) is 66.8 Å². The van der Waals surface area contributed by atoms with Gasteiger partial charge in [0.2, 0.25) is 0 Å². The Kier molecular flexibility index (Phi) is 2.97. The Morgan fingerprint density at radius 1 is 1.14 bits per heavy atom. The summed E-state index contributed by atoms with van der Waals surface area (Å²) in [6.45, 7) is 0. The molecule has 1 aromatic rings. The average Bonchev–Trinajstić information content (AvgIpc) is 2.46. The molecule has 0 heterocycles. The highest BCUT2D eigenvalue weighted by molar-refractivity contribution is 9.09. The molecule has 4 saturated carbocycles. The van der Waals surface area contributed by atoms with Crippen LogP contribution in [-0.4, -0.2) is 10.3 Å². The Balaban J connectivity index is 1.72. The molecular formula is C17H20BrNO2. The molecular weight excluding hydrogens is 330 g/mol. The second-order valence-electron chi connectivity index (χ2n) is 7.68. The number of nitro groups is 1. The van der Waals surface area contributed by atoms with Gasteiger partial charge in [-0.15, -0.1) is 0 Å². The molecule has 112 valence electrons. The second kappa shape index (κ2) is 4.55. The molecule has 4 aliphatic rings. The molecule has 0 saturated heterocycles. The van der Waals surface area contributed by atoms with Gasteiger partial charge in [-0.1, -0.05) is 28.1 Å². The van der Waals surface area contributed by atoms with Gasteiger partial charge in [-0.2, -0.15) is 0 Å². The van der Waals surface area contributed by atoms with Crippen molar-refractivity contribution >= 4 is 21.6 Å². The first-order valence-electron chi connectivity index (χ1n) is 7.85. The van der Waals surface area contributed by atoms with Crippen LogP contribution in [0.2, 0.25) is 0 Å². The largest absolute Gasteiger partial charge is 0.269 e. The number of nitro benzene ring substituents is 1. The predicted molar refractivity (Wildman–Crippen MR) is 85.7 cm³/mol. The molecule has 0 radical (unpaired) electrons. The molecule has 4 bridgehead atoms. The van der Waals surface area contributed by atoms with E-state index in [1.807, 2.05) is 12.1 Å². The number of benzene rings is 1. The van der Waals surface area contributed by atoms with E-state index >= 15 is 0 Å². The Hall–Kier alpha value is -0.900. The molecule has 1 aromatic carbocycles. The van der Waals surface area contributed by atoms with Crippen molar-refractivity contribution in [1.82, 2.24) is 0 Å². The van der Waals surface area contributed by atoms with E-state index in [1.165, 1.54) is 44.1 Å². The second-order valence-corrected chi connectivity index (χ2v) is 8.24. The Morgan fingerprint density at radius 3 is 2.29 bits per heavy atom. The van der Waals surface area contributed by atoms with Crippen LogP contribution in [0.4, 0.5) is 5.69 Å². The first kappa shape index (κ1) is 13.7. The van der Waals surface area contributed by atoms with E-state index < -0.39 is 0 Å². The first-order valence-corrected chi connectivity index (χ1v) is 8.97. The number of non-ortho nitro benzene ring substituents is 1. The van der Waals surface area contributed by atoms with E-state index in [0.717, 1.165) is 17.2 Å². The summed E-state index contributed by atoms with van der Waals surface area (Å²) in [5.74, 6) is 1.72. The van der Waals surface area contributed by atoms with E-state index in [-0.39, 0.29) is 16.0 Å². The van der Waals surface area contributed by atoms with Crippen molar-refractivity contribution in [3.63, 3.8) is 0 Å². The molecule has 4 heteroatoms. The number of nitrogens with zero attached hydrogens (tertiary/aromatic N) is 1. The Bertz CT molecular complexity index is 569. The van der Waals surface area contributed by atoms with Crippen molar-refractivity contribution in [2.75, 3.05) is 5.33 Å². The molecule has 4 fully saturated rings. The van der Waals surface area contributed by atoms with E-state index in [1.54, 1.807) is 12.1 Å². The SMILES string of the molecule is O=[N+]([O-])c1ccc(C23CC4CC(CC(CBr)(C4)C2)C3)cc1. The minimum Gasteiger partial charge on any atom is -0.258 e. The van der Waals surface area contributed by atoms with Crippen LogP contribution in [0.1, 0.15) is 44.1 Å². The fourth-order valence-corrected chi connectivity index (χ4v) is 6.54. The Labute approximate surface area is 133 Å². The van der Waals surface area contributed by atoms with E-state index in [2.05, 4.69) is 15.9 Å². The maximum atomic E-state index is 10.9. The van der Waals surface area contributed by atoms with Crippen LogP contribution in [0.5, 0.6) is 0 Å². The first-order chi connectivity index (χ1) is 10.0. The highest BCUT2D eigenvalue weighted by Gasteiger charge is 2.57. The monoisotopic (exact) mass is 349 g/mol. The van der Waals surface area contributed by atoms with Crippen molar-refractivity contribution in [3.8, 4) is 0 Å². The molecule has 0 spiro atoms. The third-order valence-corrected chi connectivity index (χ3v) is 7.35. The normalized spacial score (nSPS) is 40.4. The van der Waals surface area contributed by atoms with Crippen LogP contribution in [0.3, 0.4) is 0 Å². The number of hydrogen-bond acceptors (Lipinski definition) is 2. The smallest absolute Gasteiger partial charge is 0.258 e. The summed E-state index contributed by atoms with van der Waals surface area (Å²) in [6.07, 6.45) is 8.00. The number of alkyl halides is 1. The third-order valence-electron chi connectivity index (χ3n) is 6.16. The van der Waals surface area contributed by atoms with Crippen molar-refractivity contribution in [3.05, 3.63) is 39.9 Å². The Morgan fingerprint density at radius 2 is 1.76 bits per heavy atom. The summed E-state index contributed by atoms with van der Waals surface area (Å²) in [4.78, 5) is 10.6. The molecule has 0 amide bonds. The number of hydrogen-bond donors (Lipinski definition) is 0. The van der Waals surface area contributed by atoms with Gasteiger partial charge in [-0.25, -0.2) is 0 Å². The van der Waals surface area contributed by atoms with Crippen LogP contribution in [-0.2, 0) is 5.41 Å². The van der Waals surface area contributed by atoms with Crippen molar-refractivity contribution in [2.24, 2.45) is 17.3 Å². The molecule has 21 heavy (non-hydrogen) atoms.